The number of Topliss-reactive ketones (excluding diaryl/α,β-unsaturated/α-hetero) is 1. The van der Waals surface area contributed by atoms with Crippen molar-refractivity contribution in [3.8, 4) is 0 Å². The monoisotopic (exact) mass is 265 g/mol. The van der Waals surface area contributed by atoms with Crippen LogP contribution in [-0.2, 0) is 11.2 Å². The predicted molar refractivity (Wildman–Crippen MR) is 77.2 cm³/mol. The highest BCUT2D eigenvalue weighted by Crippen LogP contribution is 2.33. The van der Waals surface area contributed by atoms with Crippen LogP contribution >= 0.6 is 11.3 Å². The van der Waals surface area contributed by atoms with Crippen LogP contribution in [0.1, 0.15) is 43.4 Å². The number of carbonyl (C=O) groups excluding carboxylic acids is 1. The molecule has 0 saturated heterocycles. The lowest BCUT2D eigenvalue weighted by atomic mass is 9.83. The summed E-state index contributed by atoms with van der Waals surface area (Å²) < 4.78 is 0. The first-order valence-electron chi connectivity index (χ1n) is 6.88. The lowest BCUT2D eigenvalue weighted by Gasteiger charge is -2.38. The molecule has 100 valence electrons. The van der Waals surface area contributed by atoms with Crippen LogP contribution in [0.15, 0.2) is 17.5 Å². The molecule has 0 radical (unpaired) electrons. The van der Waals surface area contributed by atoms with Gasteiger partial charge in [-0.2, -0.15) is 0 Å². The van der Waals surface area contributed by atoms with Crippen LogP contribution in [0.25, 0.3) is 0 Å². The standard InChI is InChI=1S/C15H23NOS/c1-16(2)15(9-5-3-4-6-10-15)14(17)12-13-8-7-11-18-13/h7-8,11H,3-6,9-10,12H2,1-2H3. The zero-order valence-electron chi connectivity index (χ0n) is 11.4. The molecule has 0 bridgehead atoms. The van der Waals surface area contributed by atoms with Gasteiger partial charge in [0.2, 0.25) is 0 Å². The van der Waals surface area contributed by atoms with Gasteiger partial charge in [-0.05, 0) is 38.4 Å². The molecule has 0 N–H and O–H groups in total. The molecule has 1 aromatic rings. The Labute approximate surface area is 114 Å². The molecule has 1 aliphatic rings. The molecule has 0 aliphatic heterocycles. The van der Waals surface area contributed by atoms with E-state index in [0.717, 1.165) is 12.8 Å². The Kier molecular flexibility index (Phi) is 4.57. The average Bonchev–Trinajstić information content (AvgIpc) is 2.70. The molecule has 1 heterocycles. The molecule has 1 saturated carbocycles. The fraction of sp³-hybridized carbons (Fsp3) is 0.667. The second-order valence-electron chi connectivity index (χ2n) is 5.52. The van der Waals surface area contributed by atoms with Crippen LogP contribution in [0.5, 0.6) is 0 Å². The highest BCUT2D eigenvalue weighted by atomic mass is 32.1. The number of likely N-dealkylation sites (N-methyl/N-ethyl adjacent to an activating group) is 1. The normalized spacial score (nSPS) is 19.7. The first-order valence-corrected chi connectivity index (χ1v) is 7.76. The van der Waals surface area contributed by atoms with Gasteiger partial charge in [-0.3, -0.25) is 9.69 Å². The van der Waals surface area contributed by atoms with Gasteiger partial charge in [0.1, 0.15) is 0 Å². The van der Waals surface area contributed by atoms with Crippen molar-refractivity contribution in [1.29, 1.82) is 0 Å². The van der Waals surface area contributed by atoms with Gasteiger partial charge >= 0.3 is 0 Å². The van der Waals surface area contributed by atoms with Crippen LogP contribution in [0, 0.1) is 0 Å². The van der Waals surface area contributed by atoms with Crippen LogP contribution in [-0.4, -0.2) is 30.3 Å². The first kappa shape index (κ1) is 13.8. The number of thiophene rings is 1. The SMILES string of the molecule is CN(C)C1(C(=O)Cc2cccs2)CCCCCC1. The predicted octanol–water partition coefficient (Wildman–Crippen LogP) is 3.51. The van der Waals surface area contributed by atoms with Crippen molar-refractivity contribution in [2.75, 3.05) is 14.1 Å². The zero-order valence-corrected chi connectivity index (χ0v) is 12.3. The van der Waals surface area contributed by atoms with Crippen molar-refractivity contribution < 1.29 is 4.79 Å². The van der Waals surface area contributed by atoms with Crippen molar-refractivity contribution in [3.63, 3.8) is 0 Å². The third kappa shape index (κ3) is 2.83. The minimum atomic E-state index is -0.208. The topological polar surface area (TPSA) is 20.3 Å². The maximum atomic E-state index is 12.7. The van der Waals surface area contributed by atoms with E-state index in [2.05, 4.69) is 30.4 Å². The molecule has 0 amide bonds. The van der Waals surface area contributed by atoms with Crippen LogP contribution in [0.4, 0.5) is 0 Å². The molecule has 18 heavy (non-hydrogen) atoms. The van der Waals surface area contributed by atoms with Crippen molar-refractivity contribution in [1.82, 2.24) is 4.90 Å². The number of carbonyl (C=O) groups is 1. The summed E-state index contributed by atoms with van der Waals surface area (Å²) in [5.41, 5.74) is -0.208. The Balaban J connectivity index is 2.15. The van der Waals surface area contributed by atoms with E-state index in [9.17, 15) is 4.79 Å². The van der Waals surface area contributed by atoms with Gasteiger partial charge in [0, 0.05) is 11.3 Å². The molecular formula is C15H23NOS. The van der Waals surface area contributed by atoms with E-state index >= 15 is 0 Å². The second-order valence-corrected chi connectivity index (χ2v) is 6.55. The van der Waals surface area contributed by atoms with E-state index in [4.69, 9.17) is 0 Å². The maximum absolute atomic E-state index is 12.7. The summed E-state index contributed by atoms with van der Waals surface area (Å²) in [6, 6.07) is 4.10. The van der Waals surface area contributed by atoms with Gasteiger partial charge in [0.05, 0.1) is 5.54 Å². The largest absolute Gasteiger partial charge is 0.297 e. The minimum Gasteiger partial charge on any atom is -0.297 e. The fourth-order valence-electron chi connectivity index (χ4n) is 3.02. The summed E-state index contributed by atoms with van der Waals surface area (Å²) in [7, 11) is 4.13. The van der Waals surface area contributed by atoms with Crippen LogP contribution in [0.2, 0.25) is 0 Å². The Morgan fingerprint density at radius 2 is 1.94 bits per heavy atom. The van der Waals surface area contributed by atoms with Crippen molar-refractivity contribution >= 4 is 17.1 Å². The Hall–Kier alpha value is -0.670. The Morgan fingerprint density at radius 1 is 1.28 bits per heavy atom. The molecular weight excluding hydrogens is 242 g/mol. The number of ketones is 1. The molecule has 0 aromatic carbocycles. The first-order chi connectivity index (χ1) is 8.65. The quantitative estimate of drug-likeness (QED) is 0.776. The summed E-state index contributed by atoms with van der Waals surface area (Å²) in [6.45, 7) is 0. The van der Waals surface area contributed by atoms with E-state index in [1.54, 1.807) is 11.3 Å². The van der Waals surface area contributed by atoms with Gasteiger partial charge in [0.15, 0.2) is 5.78 Å². The van der Waals surface area contributed by atoms with Crippen molar-refractivity contribution in [3.05, 3.63) is 22.4 Å². The average molecular weight is 265 g/mol. The maximum Gasteiger partial charge on any atom is 0.158 e. The molecule has 0 atom stereocenters. The van der Waals surface area contributed by atoms with Crippen LogP contribution in [0.3, 0.4) is 0 Å². The summed E-state index contributed by atoms with van der Waals surface area (Å²) in [5.74, 6) is 0.414. The highest BCUT2D eigenvalue weighted by Gasteiger charge is 2.39. The summed E-state index contributed by atoms with van der Waals surface area (Å²) in [5, 5.41) is 2.05. The molecule has 1 aromatic heterocycles. The van der Waals surface area contributed by atoms with Gasteiger partial charge in [0.25, 0.3) is 0 Å². The van der Waals surface area contributed by atoms with Gasteiger partial charge in [-0.25, -0.2) is 0 Å². The molecule has 0 unspecified atom stereocenters. The second kappa shape index (κ2) is 5.98. The minimum absolute atomic E-state index is 0.208. The third-order valence-corrected chi connectivity index (χ3v) is 5.10. The van der Waals surface area contributed by atoms with Crippen molar-refractivity contribution in [2.45, 2.75) is 50.5 Å². The van der Waals surface area contributed by atoms with Gasteiger partial charge in [-0.15, -0.1) is 11.3 Å². The zero-order chi connectivity index (χ0) is 13.0. The molecule has 0 spiro atoms. The Morgan fingerprint density at radius 3 is 2.44 bits per heavy atom. The summed E-state index contributed by atoms with van der Waals surface area (Å²) in [4.78, 5) is 16.1. The number of rotatable bonds is 4. The fourth-order valence-corrected chi connectivity index (χ4v) is 3.73. The van der Waals surface area contributed by atoms with Gasteiger partial charge in [-0.1, -0.05) is 31.7 Å². The lowest BCUT2D eigenvalue weighted by Crippen LogP contribution is -2.51. The molecule has 1 aliphatic carbocycles. The van der Waals surface area contributed by atoms with E-state index in [0.29, 0.717) is 12.2 Å². The van der Waals surface area contributed by atoms with Crippen LogP contribution < -0.4 is 0 Å². The van der Waals surface area contributed by atoms with E-state index < -0.39 is 0 Å². The number of hydrogen-bond acceptors (Lipinski definition) is 3. The lowest BCUT2D eigenvalue weighted by molar-refractivity contribution is -0.130. The third-order valence-electron chi connectivity index (χ3n) is 4.22. The molecule has 2 rings (SSSR count). The van der Waals surface area contributed by atoms with E-state index in [1.807, 2.05) is 6.07 Å². The summed E-state index contributed by atoms with van der Waals surface area (Å²) in [6.07, 6.45) is 7.61. The molecule has 1 fully saturated rings. The number of hydrogen-bond donors (Lipinski definition) is 0. The van der Waals surface area contributed by atoms with Gasteiger partial charge < -0.3 is 0 Å². The molecule has 2 nitrogen and oxygen atoms in total. The highest BCUT2D eigenvalue weighted by molar-refractivity contribution is 7.10. The smallest absolute Gasteiger partial charge is 0.158 e. The van der Waals surface area contributed by atoms with E-state index in [1.165, 1.54) is 30.6 Å². The van der Waals surface area contributed by atoms with E-state index in [-0.39, 0.29) is 5.54 Å². The van der Waals surface area contributed by atoms with Crippen molar-refractivity contribution in [2.24, 2.45) is 0 Å². The number of nitrogens with zero attached hydrogens (tertiary/aromatic N) is 1. The molecule has 3 heteroatoms. The Bertz CT molecular complexity index is 375. The summed E-state index contributed by atoms with van der Waals surface area (Å²) >= 11 is 1.69.